The summed E-state index contributed by atoms with van der Waals surface area (Å²) in [5.41, 5.74) is 0. The Labute approximate surface area is 121 Å². The largest absolute Gasteiger partial charge is 0.338 e. The summed E-state index contributed by atoms with van der Waals surface area (Å²) in [5.74, 6) is 1.43. The van der Waals surface area contributed by atoms with Gasteiger partial charge in [0, 0.05) is 6.42 Å². The minimum Gasteiger partial charge on any atom is -0.338 e. The molecule has 1 fully saturated rings. The lowest BCUT2D eigenvalue weighted by Crippen LogP contribution is -2.00. The van der Waals surface area contributed by atoms with Gasteiger partial charge in [-0.3, -0.25) is 0 Å². The van der Waals surface area contributed by atoms with Crippen LogP contribution in [0.25, 0.3) is 0 Å². The zero-order valence-electron chi connectivity index (χ0n) is 11.7. The smallest absolute Gasteiger partial charge is 0.239 e. The molecular formula is C12H18N6OS. The van der Waals surface area contributed by atoms with Crippen LogP contribution in [0.15, 0.2) is 9.68 Å². The third kappa shape index (κ3) is 3.00. The quantitative estimate of drug-likeness (QED) is 0.726. The van der Waals surface area contributed by atoms with Gasteiger partial charge in [0.05, 0.1) is 11.3 Å². The van der Waals surface area contributed by atoms with E-state index in [9.17, 15) is 0 Å². The molecule has 108 valence electrons. The van der Waals surface area contributed by atoms with E-state index in [-0.39, 0.29) is 5.25 Å². The van der Waals surface area contributed by atoms with Crippen molar-refractivity contribution in [1.29, 1.82) is 0 Å². The Balaban J connectivity index is 1.64. The van der Waals surface area contributed by atoms with Crippen LogP contribution in [0, 0.1) is 0 Å². The van der Waals surface area contributed by atoms with Gasteiger partial charge in [0.1, 0.15) is 0 Å². The molecule has 1 unspecified atom stereocenters. The molecule has 8 heteroatoms. The number of tetrazole rings is 1. The van der Waals surface area contributed by atoms with Crippen molar-refractivity contribution >= 4 is 11.8 Å². The highest BCUT2D eigenvalue weighted by molar-refractivity contribution is 7.99. The van der Waals surface area contributed by atoms with Crippen LogP contribution in [0.1, 0.15) is 62.5 Å². The topological polar surface area (TPSA) is 82.5 Å². The molecule has 0 amide bonds. The molecule has 1 aliphatic rings. The van der Waals surface area contributed by atoms with E-state index in [1.807, 2.05) is 11.6 Å². The van der Waals surface area contributed by atoms with E-state index in [1.165, 1.54) is 0 Å². The SMILES string of the molecule is CCCCc1noc(C(C)Sc2nnnn2C2CC2)n1. The summed E-state index contributed by atoms with van der Waals surface area (Å²) in [6.45, 7) is 4.19. The van der Waals surface area contributed by atoms with Gasteiger partial charge in [0.2, 0.25) is 11.0 Å². The van der Waals surface area contributed by atoms with Crippen LogP contribution in [0.5, 0.6) is 0 Å². The summed E-state index contributed by atoms with van der Waals surface area (Å²) in [6, 6.07) is 0.475. The zero-order valence-corrected chi connectivity index (χ0v) is 12.5. The minimum absolute atomic E-state index is 0.0568. The summed E-state index contributed by atoms with van der Waals surface area (Å²) in [4.78, 5) is 4.44. The number of thioether (sulfide) groups is 1. The molecule has 2 heterocycles. The highest BCUT2D eigenvalue weighted by atomic mass is 32.2. The molecule has 0 spiro atoms. The van der Waals surface area contributed by atoms with Crippen molar-refractivity contribution in [3.8, 4) is 0 Å². The minimum atomic E-state index is 0.0568. The first-order valence-corrected chi connectivity index (χ1v) is 7.93. The van der Waals surface area contributed by atoms with E-state index in [1.54, 1.807) is 11.8 Å². The maximum absolute atomic E-state index is 5.33. The third-order valence-corrected chi connectivity index (χ3v) is 4.26. The predicted octanol–water partition coefficient (Wildman–Crippen LogP) is 2.59. The number of unbranched alkanes of at least 4 members (excludes halogenated alkanes) is 1. The van der Waals surface area contributed by atoms with Crippen molar-refractivity contribution in [1.82, 2.24) is 30.3 Å². The first kappa shape index (κ1) is 13.5. The Bertz CT molecular complexity index is 564. The zero-order chi connectivity index (χ0) is 13.9. The van der Waals surface area contributed by atoms with Gasteiger partial charge in [-0.25, -0.2) is 4.68 Å². The molecule has 1 saturated carbocycles. The number of hydrogen-bond donors (Lipinski definition) is 0. The molecule has 2 aromatic rings. The Morgan fingerprint density at radius 1 is 1.45 bits per heavy atom. The van der Waals surface area contributed by atoms with Crippen molar-refractivity contribution in [2.45, 2.75) is 62.4 Å². The van der Waals surface area contributed by atoms with Crippen molar-refractivity contribution in [3.05, 3.63) is 11.7 Å². The molecule has 2 aromatic heterocycles. The molecule has 1 aliphatic carbocycles. The van der Waals surface area contributed by atoms with Crippen LogP contribution >= 0.6 is 11.8 Å². The lowest BCUT2D eigenvalue weighted by molar-refractivity contribution is 0.374. The molecule has 0 aromatic carbocycles. The molecular weight excluding hydrogens is 276 g/mol. The van der Waals surface area contributed by atoms with E-state index in [4.69, 9.17) is 4.52 Å². The second-order valence-corrected chi connectivity index (χ2v) is 6.36. The Kier molecular flexibility index (Phi) is 4.00. The predicted molar refractivity (Wildman–Crippen MR) is 73.3 cm³/mol. The number of aryl methyl sites for hydroxylation is 1. The van der Waals surface area contributed by atoms with E-state index < -0.39 is 0 Å². The van der Waals surface area contributed by atoms with Crippen molar-refractivity contribution in [2.75, 3.05) is 0 Å². The third-order valence-electron chi connectivity index (χ3n) is 3.22. The highest BCUT2D eigenvalue weighted by Crippen LogP contribution is 2.39. The van der Waals surface area contributed by atoms with E-state index >= 15 is 0 Å². The second-order valence-electron chi connectivity index (χ2n) is 5.05. The summed E-state index contributed by atoms with van der Waals surface area (Å²) < 4.78 is 7.23. The fraction of sp³-hybridized carbons (Fsp3) is 0.750. The van der Waals surface area contributed by atoms with Crippen molar-refractivity contribution in [2.24, 2.45) is 0 Å². The molecule has 0 aliphatic heterocycles. The summed E-state index contributed by atoms with van der Waals surface area (Å²) in [5, 5.41) is 16.8. The van der Waals surface area contributed by atoms with E-state index in [0.717, 1.165) is 43.1 Å². The van der Waals surface area contributed by atoms with Crippen LogP contribution in [0.3, 0.4) is 0 Å². The summed E-state index contributed by atoms with van der Waals surface area (Å²) in [6.07, 6.45) is 5.41. The van der Waals surface area contributed by atoms with Gasteiger partial charge in [-0.1, -0.05) is 30.3 Å². The number of aromatic nitrogens is 6. The number of rotatable bonds is 7. The molecule has 20 heavy (non-hydrogen) atoms. The van der Waals surface area contributed by atoms with Crippen LogP contribution in [0.4, 0.5) is 0 Å². The average Bonchev–Trinajstić information content (AvgIpc) is 3.00. The van der Waals surface area contributed by atoms with Crippen LogP contribution < -0.4 is 0 Å². The lowest BCUT2D eigenvalue weighted by Gasteiger charge is -2.05. The van der Waals surface area contributed by atoms with Gasteiger partial charge in [0.15, 0.2) is 5.82 Å². The molecule has 0 saturated heterocycles. The average molecular weight is 294 g/mol. The fourth-order valence-corrected chi connectivity index (χ4v) is 2.78. The highest BCUT2D eigenvalue weighted by Gasteiger charge is 2.29. The standard InChI is InChI=1S/C12H18N6OS/c1-3-4-5-10-13-11(19-15-10)8(2)20-12-14-16-17-18(12)9-6-7-9/h8-9H,3-7H2,1-2H3. The maximum Gasteiger partial charge on any atom is 0.239 e. The summed E-state index contributed by atoms with van der Waals surface area (Å²) in [7, 11) is 0. The van der Waals surface area contributed by atoms with Gasteiger partial charge in [-0.15, -0.1) is 5.10 Å². The fourth-order valence-electron chi connectivity index (χ4n) is 1.89. The van der Waals surface area contributed by atoms with Gasteiger partial charge in [-0.2, -0.15) is 4.98 Å². The van der Waals surface area contributed by atoms with Crippen LogP contribution in [0.2, 0.25) is 0 Å². The monoisotopic (exact) mass is 294 g/mol. The van der Waals surface area contributed by atoms with E-state index in [2.05, 4.69) is 32.6 Å². The number of hydrogen-bond acceptors (Lipinski definition) is 7. The number of nitrogens with zero attached hydrogens (tertiary/aromatic N) is 6. The first-order valence-electron chi connectivity index (χ1n) is 7.05. The molecule has 1 atom stereocenters. The Morgan fingerprint density at radius 2 is 2.30 bits per heavy atom. The second kappa shape index (κ2) is 5.90. The molecule has 0 bridgehead atoms. The lowest BCUT2D eigenvalue weighted by atomic mass is 10.2. The Morgan fingerprint density at radius 3 is 3.05 bits per heavy atom. The van der Waals surface area contributed by atoms with Gasteiger partial charge >= 0.3 is 0 Å². The first-order chi connectivity index (χ1) is 9.78. The van der Waals surface area contributed by atoms with Gasteiger partial charge in [0.25, 0.3) is 0 Å². The Hall–Kier alpha value is -1.44. The molecule has 3 rings (SSSR count). The van der Waals surface area contributed by atoms with E-state index in [0.29, 0.717) is 11.9 Å². The van der Waals surface area contributed by atoms with Crippen molar-refractivity contribution in [3.63, 3.8) is 0 Å². The molecule has 0 radical (unpaired) electrons. The summed E-state index contributed by atoms with van der Waals surface area (Å²) >= 11 is 1.57. The van der Waals surface area contributed by atoms with Crippen LogP contribution in [-0.4, -0.2) is 30.3 Å². The van der Waals surface area contributed by atoms with Crippen molar-refractivity contribution < 1.29 is 4.52 Å². The van der Waals surface area contributed by atoms with Gasteiger partial charge in [-0.05, 0) is 36.6 Å². The van der Waals surface area contributed by atoms with Gasteiger partial charge < -0.3 is 4.52 Å². The molecule has 7 nitrogen and oxygen atoms in total. The normalized spacial score (nSPS) is 16.5. The van der Waals surface area contributed by atoms with Crippen LogP contribution in [-0.2, 0) is 6.42 Å². The maximum atomic E-state index is 5.33. The molecule has 0 N–H and O–H groups in total.